The Bertz CT molecular complexity index is 1160. The maximum absolute atomic E-state index is 13.7. The Labute approximate surface area is 197 Å². The van der Waals surface area contributed by atoms with Gasteiger partial charge in [0.25, 0.3) is 0 Å². The molecule has 0 bridgehead atoms. The van der Waals surface area contributed by atoms with E-state index in [4.69, 9.17) is 4.74 Å². The molecule has 2 N–H and O–H groups in total. The summed E-state index contributed by atoms with van der Waals surface area (Å²) in [6.07, 6.45) is -8.33. The van der Waals surface area contributed by atoms with Gasteiger partial charge in [0.05, 0.1) is 36.0 Å². The molecule has 1 aromatic heterocycles. The van der Waals surface area contributed by atoms with Gasteiger partial charge in [0, 0.05) is 6.20 Å². The largest absolute Gasteiger partial charge is 0.497 e. The first-order valence-corrected chi connectivity index (χ1v) is 10.3. The van der Waals surface area contributed by atoms with Crippen LogP contribution in [-0.4, -0.2) is 18.1 Å². The number of benzene rings is 2. The molecular formula is C24H21F6N3O2. The van der Waals surface area contributed by atoms with Crippen LogP contribution in [0.25, 0.3) is 0 Å². The molecule has 2 amide bonds. The molecule has 1 heterocycles. The Morgan fingerprint density at radius 2 is 1.57 bits per heavy atom. The molecule has 5 nitrogen and oxygen atoms in total. The minimum absolute atomic E-state index is 0.00798. The maximum Gasteiger partial charge on any atom is 0.418 e. The number of urea groups is 1. The third kappa shape index (κ3) is 6.43. The fraction of sp³-hybridized carbons (Fsp3) is 0.250. The summed E-state index contributed by atoms with van der Waals surface area (Å²) in [7, 11) is 1.48. The summed E-state index contributed by atoms with van der Waals surface area (Å²) in [5.41, 5.74) is -1.99. The van der Waals surface area contributed by atoms with Crippen molar-refractivity contribution in [3.05, 3.63) is 94.8 Å². The average Bonchev–Trinajstić information content (AvgIpc) is 2.81. The van der Waals surface area contributed by atoms with Gasteiger partial charge in [-0.1, -0.05) is 24.3 Å². The van der Waals surface area contributed by atoms with Gasteiger partial charge in [0.15, 0.2) is 0 Å². The molecule has 1 unspecified atom stereocenters. The summed E-state index contributed by atoms with van der Waals surface area (Å²) in [5.74, 6) is 0.544. The molecule has 0 spiro atoms. The Hall–Kier alpha value is -3.76. The summed E-state index contributed by atoms with van der Waals surface area (Å²) in [5, 5.41) is 5.04. The van der Waals surface area contributed by atoms with Crippen LogP contribution in [0.2, 0.25) is 0 Å². The highest BCUT2D eigenvalue weighted by Crippen LogP contribution is 2.36. The van der Waals surface area contributed by atoms with Gasteiger partial charge in [-0.2, -0.15) is 26.3 Å². The Balaban J connectivity index is 1.94. The zero-order valence-corrected chi connectivity index (χ0v) is 18.5. The smallest absolute Gasteiger partial charge is 0.418 e. The number of rotatable bonds is 6. The molecular weight excluding hydrogens is 476 g/mol. The predicted octanol–water partition coefficient (Wildman–Crippen LogP) is 6.28. The second-order valence-electron chi connectivity index (χ2n) is 7.60. The topological polar surface area (TPSA) is 63.2 Å². The molecule has 186 valence electrons. The highest BCUT2D eigenvalue weighted by molar-refractivity contribution is 5.75. The number of amides is 2. The van der Waals surface area contributed by atoms with E-state index >= 15 is 0 Å². The van der Waals surface area contributed by atoms with Crippen molar-refractivity contribution in [3.63, 3.8) is 0 Å². The maximum atomic E-state index is 13.7. The van der Waals surface area contributed by atoms with Gasteiger partial charge < -0.3 is 15.4 Å². The molecule has 35 heavy (non-hydrogen) atoms. The number of ether oxygens (including phenoxy) is 1. The first-order valence-electron chi connectivity index (χ1n) is 10.3. The third-order valence-corrected chi connectivity index (χ3v) is 5.21. The molecule has 0 aliphatic rings. The van der Waals surface area contributed by atoms with Gasteiger partial charge in [-0.25, -0.2) is 4.79 Å². The lowest BCUT2D eigenvalue weighted by molar-refractivity contribution is -0.139. The van der Waals surface area contributed by atoms with Crippen LogP contribution in [0.3, 0.4) is 0 Å². The number of carbonyl (C=O) groups excluding carboxylic acids is 1. The van der Waals surface area contributed by atoms with E-state index < -0.39 is 47.3 Å². The van der Waals surface area contributed by atoms with Crippen LogP contribution in [0, 0.1) is 0 Å². The first kappa shape index (κ1) is 25.9. The van der Waals surface area contributed by atoms with Gasteiger partial charge in [0.1, 0.15) is 5.75 Å². The van der Waals surface area contributed by atoms with Crippen molar-refractivity contribution in [1.29, 1.82) is 0 Å². The number of hydrogen-bond donors (Lipinski definition) is 2. The van der Waals surface area contributed by atoms with Crippen molar-refractivity contribution in [2.24, 2.45) is 0 Å². The van der Waals surface area contributed by atoms with Gasteiger partial charge >= 0.3 is 18.4 Å². The Kier molecular flexibility index (Phi) is 7.57. The standard InChI is InChI=1S/C24H21F6N3O2/c1-14(16-5-3-6-18(13-16)35-2)32-22(34)33-20(15-8-10-17(11-9-15)23(25,26)27)21-19(24(28,29)30)7-4-12-31-21/h3-14,20H,1-2H3,(H2,32,33,34)/t14-,20?/m0/s1. The lowest BCUT2D eigenvalue weighted by Crippen LogP contribution is -2.40. The van der Waals surface area contributed by atoms with Crippen LogP contribution >= 0.6 is 0 Å². The Morgan fingerprint density at radius 3 is 2.17 bits per heavy atom. The van der Waals surface area contributed by atoms with Crippen LogP contribution in [0.5, 0.6) is 5.75 Å². The molecule has 0 fully saturated rings. The lowest BCUT2D eigenvalue weighted by atomic mass is 9.98. The van der Waals surface area contributed by atoms with Gasteiger partial charge in [0.2, 0.25) is 0 Å². The number of nitrogens with one attached hydrogen (secondary N) is 2. The van der Waals surface area contributed by atoms with Gasteiger partial charge in [-0.15, -0.1) is 0 Å². The van der Waals surface area contributed by atoms with E-state index in [-0.39, 0.29) is 5.56 Å². The quantitative estimate of drug-likeness (QED) is 0.394. The zero-order chi connectivity index (χ0) is 25.8. The summed E-state index contributed by atoms with van der Waals surface area (Å²) >= 11 is 0. The predicted molar refractivity (Wildman–Crippen MR) is 116 cm³/mol. The number of aromatic nitrogens is 1. The molecule has 0 saturated heterocycles. The van der Waals surface area contributed by atoms with Crippen molar-refractivity contribution in [2.45, 2.75) is 31.4 Å². The molecule has 0 aliphatic heterocycles. The SMILES string of the molecule is COc1cccc([C@H](C)NC(=O)NC(c2ccc(C(F)(F)F)cc2)c2ncccc2C(F)(F)F)c1. The summed E-state index contributed by atoms with van der Waals surface area (Å²) in [6.45, 7) is 1.66. The number of pyridine rings is 1. The molecule has 2 atom stereocenters. The van der Waals surface area contributed by atoms with Crippen LogP contribution in [-0.2, 0) is 12.4 Å². The number of hydrogen-bond acceptors (Lipinski definition) is 3. The molecule has 2 aromatic carbocycles. The highest BCUT2D eigenvalue weighted by Gasteiger charge is 2.37. The van der Waals surface area contributed by atoms with Crippen LogP contribution < -0.4 is 15.4 Å². The molecule has 3 aromatic rings. The number of methoxy groups -OCH3 is 1. The minimum Gasteiger partial charge on any atom is -0.497 e. The molecule has 11 heteroatoms. The van der Waals surface area contributed by atoms with Crippen molar-refractivity contribution in [3.8, 4) is 5.75 Å². The van der Waals surface area contributed by atoms with Gasteiger partial charge in [-0.05, 0) is 54.4 Å². The molecule has 0 saturated carbocycles. The molecule has 0 aliphatic carbocycles. The Morgan fingerprint density at radius 1 is 0.886 bits per heavy atom. The highest BCUT2D eigenvalue weighted by atomic mass is 19.4. The van der Waals surface area contributed by atoms with E-state index in [9.17, 15) is 31.1 Å². The zero-order valence-electron chi connectivity index (χ0n) is 18.5. The fourth-order valence-corrected chi connectivity index (χ4v) is 3.42. The lowest BCUT2D eigenvalue weighted by Gasteiger charge is -2.24. The summed E-state index contributed by atoms with van der Waals surface area (Å²) in [4.78, 5) is 16.6. The van der Waals surface area contributed by atoms with Crippen molar-refractivity contribution >= 4 is 6.03 Å². The van der Waals surface area contributed by atoms with E-state index in [0.717, 1.165) is 42.6 Å². The molecule has 3 rings (SSSR count). The van der Waals surface area contributed by atoms with E-state index in [1.165, 1.54) is 7.11 Å². The summed E-state index contributed by atoms with van der Waals surface area (Å²) in [6, 6.07) is 9.28. The fourth-order valence-electron chi connectivity index (χ4n) is 3.42. The normalized spacial score (nSPS) is 13.6. The summed E-state index contributed by atoms with van der Waals surface area (Å²) < 4.78 is 85.1. The number of halogens is 6. The van der Waals surface area contributed by atoms with E-state index in [0.29, 0.717) is 11.3 Å². The van der Waals surface area contributed by atoms with Crippen LogP contribution in [0.15, 0.2) is 66.9 Å². The number of alkyl halides is 6. The van der Waals surface area contributed by atoms with Crippen LogP contribution in [0.1, 0.15) is 47.0 Å². The van der Waals surface area contributed by atoms with Crippen LogP contribution in [0.4, 0.5) is 31.1 Å². The van der Waals surface area contributed by atoms with Crippen molar-refractivity contribution < 1.29 is 35.9 Å². The third-order valence-electron chi connectivity index (χ3n) is 5.21. The first-order chi connectivity index (χ1) is 16.4. The van der Waals surface area contributed by atoms with Crippen molar-refractivity contribution in [1.82, 2.24) is 15.6 Å². The minimum atomic E-state index is -4.81. The number of carbonyl (C=O) groups is 1. The number of nitrogens with zero attached hydrogens (tertiary/aromatic N) is 1. The van der Waals surface area contributed by atoms with E-state index in [1.54, 1.807) is 31.2 Å². The van der Waals surface area contributed by atoms with E-state index in [2.05, 4.69) is 15.6 Å². The molecule has 0 radical (unpaired) electrons. The monoisotopic (exact) mass is 497 g/mol. The van der Waals surface area contributed by atoms with Crippen molar-refractivity contribution in [2.75, 3.05) is 7.11 Å². The second kappa shape index (κ2) is 10.2. The van der Waals surface area contributed by atoms with Gasteiger partial charge in [-0.3, -0.25) is 4.98 Å². The average molecular weight is 497 g/mol. The second-order valence-corrected chi connectivity index (χ2v) is 7.60. The van der Waals surface area contributed by atoms with E-state index in [1.807, 2.05) is 0 Å².